The summed E-state index contributed by atoms with van der Waals surface area (Å²) in [5, 5.41) is 5.26. The lowest BCUT2D eigenvalue weighted by molar-refractivity contribution is -0.125. The minimum atomic E-state index is -3.78. The molecular weight excluding hydrogens is 380 g/mol. The molecule has 1 aromatic rings. The highest BCUT2D eigenvalue weighted by Crippen LogP contribution is 2.15. The van der Waals surface area contributed by atoms with Gasteiger partial charge in [0, 0.05) is 12.6 Å². The Bertz CT molecular complexity index is 810. The Balaban J connectivity index is 1.73. The average molecular weight is 411 g/mol. The molecule has 0 saturated carbocycles. The van der Waals surface area contributed by atoms with Gasteiger partial charge in [0.2, 0.25) is 21.8 Å². The molecule has 0 unspecified atom stereocenters. The molecule has 0 spiro atoms. The van der Waals surface area contributed by atoms with Gasteiger partial charge < -0.3 is 10.6 Å². The van der Waals surface area contributed by atoms with Gasteiger partial charge in [-0.1, -0.05) is 13.0 Å². The first kappa shape index (κ1) is 22.3. The van der Waals surface area contributed by atoms with Gasteiger partial charge in [-0.2, -0.15) is 0 Å². The quantitative estimate of drug-likeness (QED) is 0.543. The lowest BCUT2D eigenvalue weighted by Gasteiger charge is -2.22. The van der Waals surface area contributed by atoms with Gasteiger partial charge in [0.25, 0.3) is 0 Å². The standard InChI is InChI=1S/C19H30N4O4S/c1-4-23-9-5-6-16(23)11-20-18(24)12-21-19(25)13-22-28(26,27)17-8-7-14(2)15(3)10-17/h7-8,10,16,22H,4-6,9,11-13H2,1-3H3,(H,20,24)(H,21,25)/t16-/m1/s1. The van der Waals surface area contributed by atoms with E-state index in [9.17, 15) is 18.0 Å². The largest absolute Gasteiger partial charge is 0.353 e. The third-order valence-corrected chi connectivity index (χ3v) is 6.50. The highest BCUT2D eigenvalue weighted by molar-refractivity contribution is 7.89. The summed E-state index contributed by atoms with van der Waals surface area (Å²) >= 11 is 0. The zero-order valence-corrected chi connectivity index (χ0v) is 17.6. The van der Waals surface area contributed by atoms with E-state index >= 15 is 0 Å². The maximum atomic E-state index is 12.3. The lowest BCUT2D eigenvalue weighted by Crippen LogP contribution is -2.45. The van der Waals surface area contributed by atoms with E-state index in [2.05, 4.69) is 27.2 Å². The molecule has 1 aromatic carbocycles. The fraction of sp³-hybridized carbons (Fsp3) is 0.579. The molecule has 1 fully saturated rings. The molecule has 1 atom stereocenters. The van der Waals surface area contributed by atoms with E-state index in [1.807, 2.05) is 13.8 Å². The SMILES string of the molecule is CCN1CCC[C@@H]1CNC(=O)CNC(=O)CNS(=O)(=O)c1ccc(C)c(C)c1. The van der Waals surface area contributed by atoms with Crippen molar-refractivity contribution in [2.24, 2.45) is 0 Å². The van der Waals surface area contributed by atoms with E-state index in [0.717, 1.165) is 37.1 Å². The van der Waals surface area contributed by atoms with Crippen LogP contribution in [-0.4, -0.2) is 63.9 Å². The van der Waals surface area contributed by atoms with Crippen molar-refractivity contribution in [2.45, 2.75) is 44.6 Å². The summed E-state index contributed by atoms with van der Waals surface area (Å²) in [4.78, 5) is 26.2. The van der Waals surface area contributed by atoms with Gasteiger partial charge in [0.05, 0.1) is 18.0 Å². The minimum absolute atomic E-state index is 0.109. The Hall–Kier alpha value is -1.97. The molecule has 3 N–H and O–H groups in total. The molecule has 28 heavy (non-hydrogen) atoms. The number of carbonyl (C=O) groups is 2. The number of nitrogens with one attached hydrogen (secondary N) is 3. The van der Waals surface area contributed by atoms with Crippen molar-refractivity contribution in [3.63, 3.8) is 0 Å². The van der Waals surface area contributed by atoms with Gasteiger partial charge in [0.1, 0.15) is 0 Å². The first-order valence-electron chi connectivity index (χ1n) is 9.57. The van der Waals surface area contributed by atoms with Crippen molar-refractivity contribution in [3.05, 3.63) is 29.3 Å². The molecule has 0 aromatic heterocycles. The van der Waals surface area contributed by atoms with Crippen LogP contribution in [0.15, 0.2) is 23.1 Å². The number of nitrogens with zero attached hydrogens (tertiary/aromatic N) is 1. The number of rotatable bonds is 9. The van der Waals surface area contributed by atoms with Gasteiger partial charge in [0.15, 0.2) is 0 Å². The van der Waals surface area contributed by atoms with Crippen LogP contribution in [0.4, 0.5) is 0 Å². The van der Waals surface area contributed by atoms with Gasteiger partial charge in [-0.05, 0) is 63.0 Å². The number of benzene rings is 1. The van der Waals surface area contributed by atoms with Crippen molar-refractivity contribution in [3.8, 4) is 0 Å². The van der Waals surface area contributed by atoms with Crippen LogP contribution in [0.25, 0.3) is 0 Å². The first-order chi connectivity index (χ1) is 13.2. The molecule has 1 aliphatic heterocycles. The summed E-state index contributed by atoms with van der Waals surface area (Å²) in [6.07, 6.45) is 2.19. The monoisotopic (exact) mass is 410 g/mol. The van der Waals surface area contributed by atoms with Gasteiger partial charge in [-0.15, -0.1) is 0 Å². The van der Waals surface area contributed by atoms with Crippen LogP contribution in [-0.2, 0) is 19.6 Å². The zero-order chi connectivity index (χ0) is 20.7. The van der Waals surface area contributed by atoms with Crippen LogP contribution in [0.1, 0.15) is 30.9 Å². The van der Waals surface area contributed by atoms with E-state index in [1.54, 1.807) is 12.1 Å². The van der Waals surface area contributed by atoms with E-state index < -0.39 is 22.5 Å². The number of likely N-dealkylation sites (tertiary alicyclic amines) is 1. The van der Waals surface area contributed by atoms with Crippen LogP contribution in [0, 0.1) is 13.8 Å². The molecule has 0 radical (unpaired) electrons. The Labute approximate surface area is 167 Å². The fourth-order valence-electron chi connectivity index (χ4n) is 3.20. The maximum absolute atomic E-state index is 12.3. The highest BCUT2D eigenvalue weighted by Gasteiger charge is 2.23. The predicted molar refractivity (Wildman–Crippen MR) is 107 cm³/mol. The molecule has 1 aliphatic rings. The Kier molecular flexibility index (Phi) is 7.97. The average Bonchev–Trinajstić information content (AvgIpc) is 3.12. The summed E-state index contributed by atoms with van der Waals surface area (Å²) < 4.78 is 26.8. The number of aryl methyl sites for hydroxylation is 2. The second-order valence-electron chi connectivity index (χ2n) is 7.08. The third-order valence-electron chi connectivity index (χ3n) is 5.10. The Morgan fingerprint density at radius 3 is 2.50 bits per heavy atom. The topological polar surface area (TPSA) is 108 Å². The fourth-order valence-corrected chi connectivity index (χ4v) is 4.27. The number of hydrogen-bond acceptors (Lipinski definition) is 5. The number of carbonyl (C=O) groups excluding carboxylic acids is 2. The number of sulfonamides is 1. The summed E-state index contributed by atoms with van der Waals surface area (Å²) in [6.45, 7) is 7.78. The first-order valence-corrected chi connectivity index (χ1v) is 11.1. The van der Waals surface area contributed by atoms with E-state index in [-0.39, 0.29) is 17.3 Å². The smallest absolute Gasteiger partial charge is 0.241 e. The molecule has 156 valence electrons. The van der Waals surface area contributed by atoms with Crippen LogP contribution in [0.5, 0.6) is 0 Å². The van der Waals surface area contributed by atoms with Crippen molar-refractivity contribution in [1.82, 2.24) is 20.3 Å². The van der Waals surface area contributed by atoms with Crippen LogP contribution < -0.4 is 15.4 Å². The molecule has 8 nitrogen and oxygen atoms in total. The normalized spacial score (nSPS) is 17.5. The summed E-state index contributed by atoms with van der Waals surface area (Å²) in [6, 6.07) is 5.12. The molecule has 2 amide bonds. The molecule has 9 heteroatoms. The number of likely N-dealkylation sites (N-methyl/N-ethyl adjacent to an activating group) is 1. The van der Waals surface area contributed by atoms with E-state index in [1.165, 1.54) is 6.07 Å². The van der Waals surface area contributed by atoms with Crippen LogP contribution >= 0.6 is 0 Å². The van der Waals surface area contributed by atoms with E-state index in [4.69, 9.17) is 0 Å². The van der Waals surface area contributed by atoms with Gasteiger partial charge >= 0.3 is 0 Å². The maximum Gasteiger partial charge on any atom is 0.241 e. The van der Waals surface area contributed by atoms with Crippen molar-refractivity contribution >= 4 is 21.8 Å². The van der Waals surface area contributed by atoms with Crippen molar-refractivity contribution < 1.29 is 18.0 Å². The highest BCUT2D eigenvalue weighted by atomic mass is 32.2. The molecule has 1 saturated heterocycles. The second-order valence-corrected chi connectivity index (χ2v) is 8.84. The summed E-state index contributed by atoms with van der Waals surface area (Å²) in [5.74, 6) is -0.841. The zero-order valence-electron chi connectivity index (χ0n) is 16.7. The number of hydrogen-bond donors (Lipinski definition) is 3. The molecular formula is C19H30N4O4S. The molecule has 2 rings (SSSR count). The van der Waals surface area contributed by atoms with Crippen molar-refractivity contribution in [2.75, 3.05) is 32.7 Å². The van der Waals surface area contributed by atoms with Crippen molar-refractivity contribution in [1.29, 1.82) is 0 Å². The Morgan fingerprint density at radius 2 is 1.82 bits per heavy atom. The predicted octanol–water partition coefficient (Wildman–Crippen LogP) is 0.298. The lowest BCUT2D eigenvalue weighted by atomic mass is 10.1. The molecule has 0 bridgehead atoms. The van der Waals surface area contributed by atoms with Crippen LogP contribution in [0.2, 0.25) is 0 Å². The van der Waals surface area contributed by atoms with Gasteiger partial charge in [-0.3, -0.25) is 14.5 Å². The molecule has 1 heterocycles. The Morgan fingerprint density at radius 1 is 1.11 bits per heavy atom. The second kappa shape index (κ2) is 9.99. The van der Waals surface area contributed by atoms with Gasteiger partial charge in [-0.25, -0.2) is 13.1 Å². The minimum Gasteiger partial charge on any atom is -0.353 e. The van der Waals surface area contributed by atoms with Crippen LogP contribution in [0.3, 0.4) is 0 Å². The molecule has 0 aliphatic carbocycles. The van der Waals surface area contributed by atoms with E-state index in [0.29, 0.717) is 12.6 Å². The number of amides is 2. The summed E-state index contributed by atoms with van der Waals surface area (Å²) in [5.41, 5.74) is 1.84. The third kappa shape index (κ3) is 6.29. The summed E-state index contributed by atoms with van der Waals surface area (Å²) in [7, 11) is -3.78.